The summed E-state index contributed by atoms with van der Waals surface area (Å²) in [5.41, 5.74) is 1.86. The van der Waals surface area contributed by atoms with Crippen molar-refractivity contribution in [1.29, 1.82) is 5.26 Å². The Balaban J connectivity index is 2.14. The fourth-order valence-corrected chi connectivity index (χ4v) is 2.26. The van der Waals surface area contributed by atoms with E-state index in [1.54, 1.807) is 0 Å². The molecule has 0 atom stereocenters. The number of anilines is 2. The van der Waals surface area contributed by atoms with Crippen LogP contribution >= 0.6 is 0 Å². The van der Waals surface area contributed by atoms with Gasteiger partial charge in [-0.1, -0.05) is 12.1 Å². The molecule has 4 nitrogen and oxygen atoms in total. The molecule has 94 valence electrons. The van der Waals surface area contributed by atoms with Crippen molar-refractivity contribution in [2.24, 2.45) is 0 Å². The Bertz CT molecular complexity index is 458. The number of amides is 1. The van der Waals surface area contributed by atoms with E-state index in [9.17, 15) is 4.79 Å². The third-order valence-electron chi connectivity index (χ3n) is 3.11. The molecule has 0 saturated carbocycles. The van der Waals surface area contributed by atoms with Gasteiger partial charge in [-0.2, -0.15) is 5.26 Å². The lowest BCUT2D eigenvalue weighted by atomic mass is 10.1. The van der Waals surface area contributed by atoms with E-state index in [4.69, 9.17) is 5.26 Å². The SMILES string of the molecule is N#CCC(=O)Nc1ccccc1N1CCCCC1. The molecule has 18 heavy (non-hydrogen) atoms. The van der Waals surface area contributed by atoms with Gasteiger partial charge in [-0.25, -0.2) is 0 Å². The van der Waals surface area contributed by atoms with Crippen LogP contribution in [0.5, 0.6) is 0 Å². The van der Waals surface area contributed by atoms with Crippen molar-refractivity contribution in [2.45, 2.75) is 25.7 Å². The van der Waals surface area contributed by atoms with Gasteiger partial charge in [0.2, 0.25) is 5.91 Å². The van der Waals surface area contributed by atoms with Crippen LogP contribution in [0.2, 0.25) is 0 Å². The number of carbonyl (C=O) groups excluding carboxylic acids is 1. The molecule has 1 saturated heterocycles. The zero-order valence-electron chi connectivity index (χ0n) is 10.4. The lowest BCUT2D eigenvalue weighted by Crippen LogP contribution is -2.30. The molecule has 1 aliphatic heterocycles. The second kappa shape index (κ2) is 6.06. The van der Waals surface area contributed by atoms with E-state index in [0.29, 0.717) is 0 Å². The minimum atomic E-state index is -0.248. The number of hydrogen-bond acceptors (Lipinski definition) is 3. The highest BCUT2D eigenvalue weighted by atomic mass is 16.1. The first-order chi connectivity index (χ1) is 8.81. The number of hydrogen-bond donors (Lipinski definition) is 1. The van der Waals surface area contributed by atoms with Gasteiger partial charge < -0.3 is 10.2 Å². The highest BCUT2D eigenvalue weighted by Gasteiger charge is 2.15. The Morgan fingerprint density at radius 3 is 2.72 bits per heavy atom. The van der Waals surface area contributed by atoms with Crippen LogP contribution in [-0.4, -0.2) is 19.0 Å². The number of carbonyl (C=O) groups is 1. The zero-order valence-corrected chi connectivity index (χ0v) is 10.4. The first kappa shape index (κ1) is 12.4. The standard InChI is InChI=1S/C14H17N3O/c15-9-8-14(18)16-12-6-2-3-7-13(12)17-10-4-1-5-11-17/h2-3,6-7H,1,4-5,8,10-11H2,(H,16,18). The summed E-state index contributed by atoms with van der Waals surface area (Å²) in [5.74, 6) is -0.248. The normalized spacial score (nSPS) is 14.9. The average Bonchev–Trinajstić information content (AvgIpc) is 2.40. The molecule has 1 aromatic rings. The molecule has 1 amide bonds. The molecule has 0 spiro atoms. The Labute approximate surface area is 107 Å². The second-order valence-corrected chi connectivity index (χ2v) is 4.45. The number of nitrogens with zero attached hydrogens (tertiary/aromatic N) is 2. The zero-order chi connectivity index (χ0) is 12.8. The van der Waals surface area contributed by atoms with Crippen molar-refractivity contribution in [1.82, 2.24) is 0 Å². The quantitative estimate of drug-likeness (QED) is 0.887. The third-order valence-corrected chi connectivity index (χ3v) is 3.11. The number of piperidine rings is 1. The molecular weight excluding hydrogens is 226 g/mol. The minimum Gasteiger partial charge on any atom is -0.370 e. The van der Waals surface area contributed by atoms with E-state index in [1.165, 1.54) is 19.3 Å². The summed E-state index contributed by atoms with van der Waals surface area (Å²) >= 11 is 0. The van der Waals surface area contributed by atoms with Crippen molar-refractivity contribution < 1.29 is 4.79 Å². The highest BCUT2D eigenvalue weighted by molar-refractivity contribution is 5.95. The fraction of sp³-hybridized carbons (Fsp3) is 0.429. The molecule has 1 N–H and O–H groups in total. The number of nitriles is 1. The first-order valence-electron chi connectivity index (χ1n) is 6.32. The summed E-state index contributed by atoms with van der Waals surface area (Å²) in [5, 5.41) is 11.3. The summed E-state index contributed by atoms with van der Waals surface area (Å²) in [6.07, 6.45) is 3.56. The van der Waals surface area contributed by atoms with Crippen LogP contribution in [0.1, 0.15) is 25.7 Å². The molecule has 0 unspecified atom stereocenters. The van der Waals surface area contributed by atoms with Crippen LogP contribution < -0.4 is 10.2 Å². The maximum absolute atomic E-state index is 11.5. The Kier molecular flexibility index (Phi) is 4.19. The summed E-state index contributed by atoms with van der Waals surface area (Å²) in [4.78, 5) is 13.8. The van der Waals surface area contributed by atoms with Crippen LogP contribution in [0.25, 0.3) is 0 Å². The van der Waals surface area contributed by atoms with Gasteiger partial charge in [-0.05, 0) is 31.4 Å². The molecule has 0 radical (unpaired) electrons. The van der Waals surface area contributed by atoms with Gasteiger partial charge in [0, 0.05) is 13.1 Å². The van der Waals surface area contributed by atoms with Crippen molar-refractivity contribution >= 4 is 17.3 Å². The smallest absolute Gasteiger partial charge is 0.238 e. The van der Waals surface area contributed by atoms with Gasteiger partial charge >= 0.3 is 0 Å². The van der Waals surface area contributed by atoms with E-state index in [-0.39, 0.29) is 12.3 Å². The first-order valence-corrected chi connectivity index (χ1v) is 6.32. The topological polar surface area (TPSA) is 56.1 Å². The maximum atomic E-state index is 11.5. The molecule has 2 rings (SSSR count). The molecule has 0 bridgehead atoms. The summed E-state index contributed by atoms with van der Waals surface area (Å²) in [7, 11) is 0. The van der Waals surface area contributed by atoms with E-state index in [0.717, 1.165) is 24.5 Å². The molecular formula is C14H17N3O. The fourth-order valence-electron chi connectivity index (χ4n) is 2.26. The molecule has 4 heteroatoms. The van der Waals surface area contributed by atoms with Crippen LogP contribution in [0.3, 0.4) is 0 Å². The third kappa shape index (κ3) is 3.01. The molecule has 1 aliphatic rings. The Morgan fingerprint density at radius 1 is 1.28 bits per heavy atom. The van der Waals surface area contributed by atoms with Crippen LogP contribution in [0, 0.1) is 11.3 Å². The average molecular weight is 243 g/mol. The summed E-state index contributed by atoms with van der Waals surface area (Å²) in [6, 6.07) is 9.64. The number of nitrogens with one attached hydrogen (secondary N) is 1. The lowest BCUT2D eigenvalue weighted by molar-refractivity contribution is -0.115. The largest absolute Gasteiger partial charge is 0.370 e. The van der Waals surface area contributed by atoms with Gasteiger partial charge in [0.05, 0.1) is 17.4 Å². The molecule has 0 aliphatic carbocycles. The number of rotatable bonds is 3. The predicted molar refractivity (Wildman–Crippen MR) is 71.4 cm³/mol. The molecule has 1 aromatic carbocycles. The molecule has 0 aromatic heterocycles. The van der Waals surface area contributed by atoms with Gasteiger partial charge in [-0.15, -0.1) is 0 Å². The highest BCUT2D eigenvalue weighted by Crippen LogP contribution is 2.28. The Hall–Kier alpha value is -2.02. The van der Waals surface area contributed by atoms with Gasteiger partial charge in [0.25, 0.3) is 0 Å². The maximum Gasteiger partial charge on any atom is 0.238 e. The van der Waals surface area contributed by atoms with E-state index >= 15 is 0 Å². The van der Waals surface area contributed by atoms with E-state index in [2.05, 4.69) is 10.2 Å². The van der Waals surface area contributed by atoms with E-state index < -0.39 is 0 Å². The van der Waals surface area contributed by atoms with Crippen molar-refractivity contribution in [3.63, 3.8) is 0 Å². The molecule has 1 fully saturated rings. The lowest BCUT2D eigenvalue weighted by Gasteiger charge is -2.30. The summed E-state index contributed by atoms with van der Waals surface area (Å²) < 4.78 is 0. The monoisotopic (exact) mass is 243 g/mol. The van der Waals surface area contributed by atoms with Crippen molar-refractivity contribution in [2.75, 3.05) is 23.3 Å². The second-order valence-electron chi connectivity index (χ2n) is 4.45. The summed E-state index contributed by atoms with van der Waals surface area (Å²) in [6.45, 7) is 2.07. The van der Waals surface area contributed by atoms with E-state index in [1.807, 2.05) is 30.3 Å². The van der Waals surface area contributed by atoms with Gasteiger partial charge in [0.15, 0.2) is 0 Å². The van der Waals surface area contributed by atoms with Gasteiger partial charge in [-0.3, -0.25) is 4.79 Å². The van der Waals surface area contributed by atoms with Gasteiger partial charge in [0.1, 0.15) is 6.42 Å². The number of para-hydroxylation sites is 2. The van der Waals surface area contributed by atoms with Crippen LogP contribution in [-0.2, 0) is 4.79 Å². The molecule has 1 heterocycles. The predicted octanol–water partition coefficient (Wildman–Crippen LogP) is 2.53. The van der Waals surface area contributed by atoms with Crippen molar-refractivity contribution in [3.8, 4) is 6.07 Å². The van der Waals surface area contributed by atoms with Crippen molar-refractivity contribution in [3.05, 3.63) is 24.3 Å². The van der Waals surface area contributed by atoms with Crippen LogP contribution in [0.15, 0.2) is 24.3 Å². The Morgan fingerprint density at radius 2 is 2.00 bits per heavy atom. The van der Waals surface area contributed by atoms with Crippen LogP contribution in [0.4, 0.5) is 11.4 Å². The minimum absolute atomic E-state index is 0.103. The number of benzene rings is 1.